The molecule has 0 aliphatic heterocycles. The van der Waals surface area contributed by atoms with Gasteiger partial charge in [0.05, 0.1) is 17.6 Å². The Labute approximate surface area is 154 Å². The monoisotopic (exact) mass is 360 g/mol. The fraction of sp³-hybridized carbons (Fsp3) is 0.0526. The van der Waals surface area contributed by atoms with E-state index in [-0.39, 0.29) is 0 Å². The Morgan fingerprint density at radius 1 is 1.08 bits per heavy atom. The van der Waals surface area contributed by atoms with E-state index in [4.69, 9.17) is 0 Å². The predicted octanol–water partition coefficient (Wildman–Crippen LogP) is 4.15. The van der Waals surface area contributed by atoms with Gasteiger partial charge in [0.15, 0.2) is 0 Å². The van der Waals surface area contributed by atoms with Gasteiger partial charge in [-0.25, -0.2) is 14.6 Å². The zero-order chi connectivity index (χ0) is 17.8. The van der Waals surface area contributed by atoms with Crippen LogP contribution < -0.4 is 5.43 Å². The van der Waals surface area contributed by atoms with Crippen molar-refractivity contribution >= 4 is 22.7 Å². The highest BCUT2D eigenvalue weighted by Crippen LogP contribution is 2.25. The molecule has 1 N–H and O–H groups in total. The second kappa shape index (κ2) is 7.28. The normalized spacial score (nSPS) is 11.1. The molecule has 6 nitrogen and oxygen atoms in total. The molecule has 0 amide bonds. The van der Waals surface area contributed by atoms with Crippen molar-refractivity contribution in [3.63, 3.8) is 0 Å². The van der Waals surface area contributed by atoms with Crippen LogP contribution in [0.3, 0.4) is 0 Å². The van der Waals surface area contributed by atoms with Gasteiger partial charge in [-0.1, -0.05) is 42.0 Å². The lowest BCUT2D eigenvalue weighted by molar-refractivity contribution is 0.879. The van der Waals surface area contributed by atoms with E-state index >= 15 is 0 Å². The average molecular weight is 360 g/mol. The summed E-state index contributed by atoms with van der Waals surface area (Å²) in [6.07, 6.45) is 4.94. The summed E-state index contributed by atoms with van der Waals surface area (Å²) in [6, 6.07) is 16.2. The minimum Gasteiger partial charge on any atom is -0.253 e. The lowest BCUT2D eigenvalue weighted by Gasteiger charge is -2.00. The van der Waals surface area contributed by atoms with Gasteiger partial charge >= 0.3 is 0 Å². The van der Waals surface area contributed by atoms with Gasteiger partial charge in [-0.2, -0.15) is 10.2 Å². The van der Waals surface area contributed by atoms with E-state index in [9.17, 15) is 0 Å². The molecule has 2 heterocycles. The molecule has 0 spiro atoms. The lowest BCUT2D eigenvalue weighted by Crippen LogP contribution is -1.95. The molecular weight excluding hydrogens is 344 g/mol. The molecule has 0 radical (unpaired) electrons. The third-order valence-electron chi connectivity index (χ3n) is 3.80. The molecule has 128 valence electrons. The molecule has 0 atom stereocenters. The van der Waals surface area contributed by atoms with Crippen molar-refractivity contribution in [2.45, 2.75) is 6.92 Å². The Bertz CT molecular complexity index is 1000. The van der Waals surface area contributed by atoms with E-state index in [0.717, 1.165) is 27.6 Å². The third-order valence-corrected chi connectivity index (χ3v) is 4.55. The number of aryl methyl sites for hydroxylation is 1. The van der Waals surface area contributed by atoms with Gasteiger partial charge in [-0.05, 0) is 24.6 Å². The van der Waals surface area contributed by atoms with Gasteiger partial charge in [0, 0.05) is 10.9 Å². The third kappa shape index (κ3) is 3.68. The number of hydrogen-bond acceptors (Lipinski definition) is 6. The summed E-state index contributed by atoms with van der Waals surface area (Å²) in [7, 11) is 0. The predicted molar refractivity (Wildman–Crippen MR) is 105 cm³/mol. The Morgan fingerprint density at radius 3 is 2.62 bits per heavy atom. The molecule has 4 rings (SSSR count). The van der Waals surface area contributed by atoms with Crippen molar-refractivity contribution < 1.29 is 0 Å². The number of aromatic nitrogens is 4. The number of hydrazone groups is 1. The molecule has 4 aromatic rings. The Balaban J connectivity index is 1.40. The van der Waals surface area contributed by atoms with Crippen LogP contribution in [0, 0.1) is 6.92 Å². The average Bonchev–Trinajstić information content (AvgIpc) is 3.35. The number of thiazole rings is 1. The summed E-state index contributed by atoms with van der Waals surface area (Å²) in [5.41, 5.74) is 8.21. The van der Waals surface area contributed by atoms with Gasteiger partial charge in [-0.3, -0.25) is 5.43 Å². The number of benzene rings is 2. The van der Waals surface area contributed by atoms with E-state index in [0.29, 0.717) is 0 Å². The molecule has 0 saturated heterocycles. The van der Waals surface area contributed by atoms with Crippen LogP contribution in [0.15, 0.2) is 71.7 Å². The smallest absolute Gasteiger partial charge is 0.203 e. The van der Waals surface area contributed by atoms with Gasteiger partial charge in [0.25, 0.3) is 0 Å². The summed E-state index contributed by atoms with van der Waals surface area (Å²) < 4.78 is 1.71. The van der Waals surface area contributed by atoms with E-state index < -0.39 is 0 Å². The summed E-state index contributed by atoms with van der Waals surface area (Å²) in [5, 5.41) is 11.1. The molecule has 26 heavy (non-hydrogen) atoms. The molecular formula is C19H16N6S. The first kappa shape index (κ1) is 16.2. The van der Waals surface area contributed by atoms with Crippen LogP contribution in [-0.2, 0) is 0 Å². The van der Waals surface area contributed by atoms with Crippen molar-refractivity contribution in [2.24, 2.45) is 5.10 Å². The number of nitrogens with zero attached hydrogens (tertiary/aromatic N) is 5. The first-order valence-corrected chi connectivity index (χ1v) is 8.92. The number of nitrogens with one attached hydrogen (secondary N) is 1. The quantitative estimate of drug-likeness (QED) is 0.429. The maximum atomic E-state index is 4.56. The summed E-state index contributed by atoms with van der Waals surface area (Å²) >= 11 is 1.53. The minimum absolute atomic E-state index is 0.760. The molecule has 0 bridgehead atoms. The van der Waals surface area contributed by atoms with E-state index in [1.165, 1.54) is 23.2 Å². The Kier molecular flexibility index (Phi) is 4.53. The van der Waals surface area contributed by atoms with Crippen molar-refractivity contribution in [2.75, 3.05) is 5.43 Å². The minimum atomic E-state index is 0.760. The van der Waals surface area contributed by atoms with Crippen LogP contribution >= 0.6 is 11.3 Å². The molecule has 7 heteroatoms. The van der Waals surface area contributed by atoms with Gasteiger partial charge in [-0.15, -0.1) is 11.3 Å². The van der Waals surface area contributed by atoms with E-state index in [2.05, 4.69) is 56.8 Å². The fourth-order valence-electron chi connectivity index (χ4n) is 2.40. The van der Waals surface area contributed by atoms with Crippen molar-refractivity contribution in [3.05, 3.63) is 77.7 Å². The fourth-order valence-corrected chi connectivity index (χ4v) is 3.07. The maximum absolute atomic E-state index is 4.56. The molecule has 0 aliphatic carbocycles. The van der Waals surface area contributed by atoms with Crippen LogP contribution in [0.2, 0.25) is 0 Å². The maximum Gasteiger partial charge on any atom is 0.203 e. The van der Waals surface area contributed by atoms with Crippen LogP contribution in [0.5, 0.6) is 0 Å². The topological polar surface area (TPSA) is 68.0 Å². The largest absolute Gasteiger partial charge is 0.253 e. The first-order valence-electron chi connectivity index (χ1n) is 8.05. The molecule has 0 saturated carbocycles. The zero-order valence-corrected chi connectivity index (χ0v) is 14.9. The van der Waals surface area contributed by atoms with Gasteiger partial charge in [0.2, 0.25) is 5.13 Å². The lowest BCUT2D eigenvalue weighted by atomic mass is 10.1. The number of rotatable bonds is 5. The Hall–Kier alpha value is -3.32. The molecule has 0 unspecified atom stereocenters. The number of anilines is 1. The second-order valence-corrected chi connectivity index (χ2v) is 6.56. The van der Waals surface area contributed by atoms with Crippen molar-refractivity contribution in [1.82, 2.24) is 19.7 Å². The van der Waals surface area contributed by atoms with Crippen LogP contribution in [0.4, 0.5) is 5.13 Å². The van der Waals surface area contributed by atoms with Crippen LogP contribution in [0.1, 0.15) is 11.1 Å². The van der Waals surface area contributed by atoms with E-state index in [1.54, 1.807) is 17.2 Å². The molecule has 2 aromatic carbocycles. The summed E-state index contributed by atoms with van der Waals surface area (Å²) in [4.78, 5) is 8.51. The van der Waals surface area contributed by atoms with Crippen LogP contribution in [-0.4, -0.2) is 26.0 Å². The molecule has 0 fully saturated rings. The van der Waals surface area contributed by atoms with Gasteiger partial charge in [0.1, 0.15) is 12.7 Å². The summed E-state index contributed by atoms with van der Waals surface area (Å²) in [6.45, 7) is 2.07. The van der Waals surface area contributed by atoms with E-state index in [1.807, 2.05) is 29.6 Å². The molecule has 0 aliphatic rings. The summed E-state index contributed by atoms with van der Waals surface area (Å²) in [5.74, 6) is 0. The highest BCUT2D eigenvalue weighted by atomic mass is 32.1. The van der Waals surface area contributed by atoms with Crippen LogP contribution in [0.25, 0.3) is 16.9 Å². The highest BCUT2D eigenvalue weighted by Gasteiger charge is 2.03. The number of hydrogen-bond donors (Lipinski definition) is 1. The standard InChI is InChI=1S/C19H16N6S/c1-14-2-6-16(7-3-14)18-11-26-19(23-18)24-21-10-15-4-8-17(9-5-15)25-13-20-12-22-25/h2-13H,1H3,(H,23,24)/b21-10+. The highest BCUT2D eigenvalue weighted by molar-refractivity contribution is 7.14. The van der Waals surface area contributed by atoms with Crippen molar-refractivity contribution in [1.29, 1.82) is 0 Å². The van der Waals surface area contributed by atoms with Gasteiger partial charge < -0.3 is 0 Å². The van der Waals surface area contributed by atoms with Crippen molar-refractivity contribution in [3.8, 4) is 16.9 Å². The second-order valence-electron chi connectivity index (χ2n) is 5.71. The Morgan fingerprint density at radius 2 is 1.88 bits per heavy atom. The SMILES string of the molecule is Cc1ccc(-c2csc(N/N=C/c3ccc(-n4cncn4)cc3)n2)cc1. The molecule has 2 aromatic heterocycles. The first-order chi connectivity index (χ1) is 12.8. The zero-order valence-electron chi connectivity index (χ0n) is 14.1.